The lowest BCUT2D eigenvalue weighted by Crippen LogP contribution is -2.40. The second-order valence-corrected chi connectivity index (χ2v) is 4.30. The molecule has 0 spiro atoms. The zero-order chi connectivity index (χ0) is 14.4. The van der Waals surface area contributed by atoms with Crippen molar-refractivity contribution in [3.8, 4) is 0 Å². The number of halogens is 4. The van der Waals surface area contributed by atoms with Crippen LogP contribution >= 0.6 is 12.4 Å². The van der Waals surface area contributed by atoms with E-state index in [1.165, 1.54) is 0 Å². The van der Waals surface area contributed by atoms with Crippen molar-refractivity contribution < 1.29 is 18.0 Å². The van der Waals surface area contributed by atoms with Gasteiger partial charge in [0.15, 0.2) is 17.5 Å². The van der Waals surface area contributed by atoms with Crippen LogP contribution < -0.4 is 11.1 Å². The zero-order valence-corrected chi connectivity index (χ0v) is 11.9. The Kier molecular flexibility index (Phi) is 8.25. The molecule has 3 N–H and O–H groups in total. The van der Waals surface area contributed by atoms with Crippen LogP contribution in [-0.2, 0) is 0 Å². The van der Waals surface area contributed by atoms with Crippen LogP contribution in [0, 0.1) is 17.5 Å². The van der Waals surface area contributed by atoms with Crippen LogP contribution in [0.25, 0.3) is 0 Å². The molecule has 0 fully saturated rings. The molecule has 7 heteroatoms. The van der Waals surface area contributed by atoms with E-state index in [1.54, 1.807) is 0 Å². The normalized spacial score (nSPS) is 11.7. The zero-order valence-electron chi connectivity index (χ0n) is 11.1. The fraction of sp³-hybridized carbons (Fsp3) is 0.462. The first-order chi connectivity index (χ1) is 8.99. The van der Waals surface area contributed by atoms with E-state index in [-0.39, 0.29) is 30.6 Å². The summed E-state index contributed by atoms with van der Waals surface area (Å²) in [6, 6.07) is 1.08. The third kappa shape index (κ3) is 5.02. The van der Waals surface area contributed by atoms with Crippen LogP contribution in [0.2, 0.25) is 0 Å². The molecule has 0 aromatic heterocycles. The first kappa shape index (κ1) is 18.7. The second kappa shape index (κ2) is 8.81. The number of carbonyl (C=O) groups excluding carboxylic acids is 1. The Bertz CT molecular complexity index is 434. The summed E-state index contributed by atoms with van der Waals surface area (Å²) in [6.07, 6.45) is 2.52. The van der Waals surface area contributed by atoms with Gasteiger partial charge in [0.2, 0.25) is 0 Å². The summed E-state index contributed by atoms with van der Waals surface area (Å²) < 4.78 is 38.8. The van der Waals surface area contributed by atoms with Crippen molar-refractivity contribution in [1.29, 1.82) is 0 Å². The Morgan fingerprint density at radius 1 is 1.30 bits per heavy atom. The predicted molar refractivity (Wildman–Crippen MR) is 73.4 cm³/mol. The highest BCUT2D eigenvalue weighted by Crippen LogP contribution is 2.14. The molecule has 1 aromatic rings. The maximum atomic E-state index is 13.0. The summed E-state index contributed by atoms with van der Waals surface area (Å²) in [7, 11) is 0. The molecule has 0 heterocycles. The van der Waals surface area contributed by atoms with Crippen molar-refractivity contribution in [1.82, 2.24) is 5.32 Å². The molecule has 0 saturated heterocycles. The Balaban J connectivity index is 0.00000361. The number of carbonyl (C=O) groups is 1. The van der Waals surface area contributed by atoms with E-state index in [9.17, 15) is 18.0 Å². The smallest absolute Gasteiger partial charge is 0.251 e. The summed E-state index contributed by atoms with van der Waals surface area (Å²) in [5.41, 5.74) is 5.24. The van der Waals surface area contributed by atoms with Gasteiger partial charge in [0.1, 0.15) is 0 Å². The molecule has 0 aliphatic heterocycles. The first-order valence-electron chi connectivity index (χ1n) is 6.15. The number of nitrogens with one attached hydrogen (secondary N) is 1. The number of unbranched alkanes of at least 4 members (excludes halogenated alkanes) is 1. The van der Waals surface area contributed by atoms with Gasteiger partial charge in [0.25, 0.3) is 5.91 Å². The van der Waals surface area contributed by atoms with Crippen LogP contribution in [0.5, 0.6) is 0 Å². The number of nitrogens with two attached hydrogens (primary N) is 1. The van der Waals surface area contributed by atoms with Crippen molar-refractivity contribution in [2.45, 2.75) is 32.2 Å². The Labute approximate surface area is 122 Å². The summed E-state index contributed by atoms with van der Waals surface area (Å²) in [4.78, 5) is 11.8. The van der Waals surface area contributed by atoms with Crippen molar-refractivity contribution >= 4 is 18.3 Å². The van der Waals surface area contributed by atoms with E-state index in [0.717, 1.165) is 12.8 Å². The number of hydrogen-bond acceptors (Lipinski definition) is 2. The standard InChI is InChI=1S/C13H17F3N2O.ClH/c1-2-3-4-9(7-17)18-13(19)8-5-10(14)12(16)11(15)6-8;/h5-6,9H,2-4,7,17H2,1H3,(H,18,19);1H. The minimum absolute atomic E-state index is 0. The number of hydrogen-bond donors (Lipinski definition) is 2. The quantitative estimate of drug-likeness (QED) is 0.794. The highest BCUT2D eigenvalue weighted by Gasteiger charge is 2.17. The molecule has 0 bridgehead atoms. The molecule has 0 aliphatic rings. The van der Waals surface area contributed by atoms with E-state index in [1.807, 2.05) is 6.92 Å². The molecule has 3 nitrogen and oxygen atoms in total. The van der Waals surface area contributed by atoms with Gasteiger partial charge in [-0.1, -0.05) is 19.8 Å². The molecule has 1 amide bonds. The predicted octanol–water partition coefficient (Wildman–Crippen LogP) is 2.77. The van der Waals surface area contributed by atoms with Crippen molar-refractivity contribution in [2.24, 2.45) is 5.73 Å². The van der Waals surface area contributed by atoms with E-state index in [2.05, 4.69) is 5.32 Å². The third-order valence-electron chi connectivity index (χ3n) is 2.77. The van der Waals surface area contributed by atoms with E-state index >= 15 is 0 Å². The average molecular weight is 311 g/mol. The molecule has 0 saturated carbocycles. The maximum absolute atomic E-state index is 13.0. The highest BCUT2D eigenvalue weighted by atomic mass is 35.5. The lowest BCUT2D eigenvalue weighted by atomic mass is 10.1. The van der Waals surface area contributed by atoms with Crippen LogP contribution in [-0.4, -0.2) is 18.5 Å². The summed E-state index contributed by atoms with van der Waals surface area (Å²) in [5.74, 6) is -5.02. The Morgan fingerprint density at radius 3 is 2.30 bits per heavy atom. The minimum Gasteiger partial charge on any atom is -0.348 e. The van der Waals surface area contributed by atoms with E-state index in [0.29, 0.717) is 18.6 Å². The molecule has 1 rings (SSSR count). The molecular formula is C13H18ClF3N2O. The molecule has 0 aliphatic carbocycles. The number of amides is 1. The largest absolute Gasteiger partial charge is 0.348 e. The molecule has 1 aromatic carbocycles. The third-order valence-corrected chi connectivity index (χ3v) is 2.77. The van der Waals surface area contributed by atoms with Gasteiger partial charge >= 0.3 is 0 Å². The molecule has 114 valence electrons. The van der Waals surface area contributed by atoms with Crippen molar-refractivity contribution in [2.75, 3.05) is 6.54 Å². The second-order valence-electron chi connectivity index (χ2n) is 4.30. The van der Waals surface area contributed by atoms with Crippen molar-refractivity contribution in [3.63, 3.8) is 0 Å². The van der Waals surface area contributed by atoms with Crippen LogP contribution in [0.3, 0.4) is 0 Å². The van der Waals surface area contributed by atoms with Crippen LogP contribution in [0.15, 0.2) is 12.1 Å². The van der Waals surface area contributed by atoms with Crippen molar-refractivity contribution in [3.05, 3.63) is 35.1 Å². The number of rotatable bonds is 6. The Morgan fingerprint density at radius 2 is 1.85 bits per heavy atom. The SMILES string of the molecule is CCCCC(CN)NC(=O)c1cc(F)c(F)c(F)c1.Cl. The topological polar surface area (TPSA) is 55.1 Å². The van der Waals surface area contributed by atoms with Gasteiger partial charge in [-0.15, -0.1) is 12.4 Å². The van der Waals surface area contributed by atoms with Gasteiger partial charge < -0.3 is 11.1 Å². The lowest BCUT2D eigenvalue weighted by Gasteiger charge is -2.16. The summed E-state index contributed by atoms with van der Waals surface area (Å²) in [6.45, 7) is 2.23. The fourth-order valence-electron chi connectivity index (χ4n) is 1.65. The first-order valence-corrected chi connectivity index (χ1v) is 6.15. The fourth-order valence-corrected chi connectivity index (χ4v) is 1.65. The van der Waals surface area contributed by atoms with Gasteiger partial charge in [-0.3, -0.25) is 4.79 Å². The molecular weight excluding hydrogens is 293 g/mol. The van der Waals surface area contributed by atoms with Gasteiger partial charge in [-0.25, -0.2) is 13.2 Å². The Hall–Kier alpha value is -1.27. The summed E-state index contributed by atoms with van der Waals surface area (Å²) >= 11 is 0. The lowest BCUT2D eigenvalue weighted by molar-refractivity contribution is 0.0934. The van der Waals surface area contributed by atoms with Gasteiger partial charge in [0.05, 0.1) is 0 Å². The summed E-state index contributed by atoms with van der Waals surface area (Å²) in [5, 5.41) is 2.57. The minimum atomic E-state index is -1.59. The van der Waals surface area contributed by atoms with E-state index in [4.69, 9.17) is 5.73 Å². The molecule has 1 unspecified atom stereocenters. The highest BCUT2D eigenvalue weighted by molar-refractivity contribution is 5.94. The van der Waals surface area contributed by atoms with Gasteiger partial charge in [-0.2, -0.15) is 0 Å². The molecule has 20 heavy (non-hydrogen) atoms. The monoisotopic (exact) mass is 310 g/mol. The molecule has 0 radical (unpaired) electrons. The van der Waals surface area contributed by atoms with E-state index < -0.39 is 23.4 Å². The van der Waals surface area contributed by atoms with Crippen LogP contribution in [0.4, 0.5) is 13.2 Å². The number of benzene rings is 1. The van der Waals surface area contributed by atoms with Gasteiger partial charge in [-0.05, 0) is 18.6 Å². The van der Waals surface area contributed by atoms with Crippen LogP contribution in [0.1, 0.15) is 36.5 Å². The maximum Gasteiger partial charge on any atom is 0.251 e. The average Bonchev–Trinajstić information content (AvgIpc) is 2.39. The van der Waals surface area contributed by atoms with Gasteiger partial charge in [0, 0.05) is 18.2 Å². The molecule has 1 atom stereocenters.